The maximum atomic E-state index is 6.16. The summed E-state index contributed by atoms with van der Waals surface area (Å²) in [5, 5.41) is 0. The fraction of sp³-hybridized carbons (Fsp3) is 0.600. The monoisotopic (exact) mass is 294 g/mol. The molecule has 3 rings (SSSR count). The van der Waals surface area contributed by atoms with Crippen LogP contribution in [0.15, 0.2) is 12.1 Å². The third-order valence-electron chi connectivity index (χ3n) is 3.70. The minimum atomic E-state index is 0.320. The van der Waals surface area contributed by atoms with E-state index in [9.17, 15) is 0 Å². The minimum absolute atomic E-state index is 0.320. The summed E-state index contributed by atoms with van der Waals surface area (Å²) in [5.74, 6) is 2.77. The maximum Gasteiger partial charge on any atom is 0.163 e. The number of benzene rings is 1. The molecule has 1 aromatic rings. The van der Waals surface area contributed by atoms with Crippen LogP contribution in [0, 0.1) is 0 Å². The molecule has 0 saturated carbocycles. The summed E-state index contributed by atoms with van der Waals surface area (Å²) in [4.78, 5) is 2.47. The van der Waals surface area contributed by atoms with Crippen molar-refractivity contribution < 1.29 is 9.47 Å². The first kappa shape index (κ1) is 13.9. The SMILES string of the molecule is CC1(C)CN(Cc2cc3c(cc2N)OCCO3)CCS1. The van der Waals surface area contributed by atoms with E-state index < -0.39 is 0 Å². The molecule has 2 aliphatic rings. The van der Waals surface area contributed by atoms with E-state index >= 15 is 0 Å². The lowest BCUT2D eigenvalue weighted by Gasteiger charge is -2.37. The molecule has 20 heavy (non-hydrogen) atoms. The number of nitrogen functional groups attached to an aromatic ring is 1. The highest BCUT2D eigenvalue weighted by molar-refractivity contribution is 8.00. The lowest BCUT2D eigenvalue weighted by molar-refractivity contribution is 0.171. The second-order valence-corrected chi connectivity index (χ2v) is 7.82. The Bertz CT molecular complexity index is 505. The van der Waals surface area contributed by atoms with Crippen LogP contribution in [0.3, 0.4) is 0 Å². The molecule has 0 unspecified atom stereocenters. The lowest BCUT2D eigenvalue weighted by atomic mass is 10.1. The average molecular weight is 294 g/mol. The summed E-state index contributed by atoms with van der Waals surface area (Å²) in [5.41, 5.74) is 8.09. The summed E-state index contributed by atoms with van der Waals surface area (Å²) in [7, 11) is 0. The maximum absolute atomic E-state index is 6.16. The largest absolute Gasteiger partial charge is 0.486 e. The zero-order valence-corrected chi connectivity index (χ0v) is 13.0. The summed E-state index contributed by atoms with van der Waals surface area (Å²) >= 11 is 2.04. The van der Waals surface area contributed by atoms with Gasteiger partial charge >= 0.3 is 0 Å². The van der Waals surface area contributed by atoms with E-state index in [1.165, 1.54) is 5.75 Å². The van der Waals surface area contributed by atoms with Crippen molar-refractivity contribution in [2.45, 2.75) is 25.1 Å². The van der Waals surface area contributed by atoms with Crippen LogP contribution in [0.2, 0.25) is 0 Å². The molecule has 2 aliphatic heterocycles. The minimum Gasteiger partial charge on any atom is -0.486 e. The van der Waals surface area contributed by atoms with Crippen LogP contribution in [0.1, 0.15) is 19.4 Å². The van der Waals surface area contributed by atoms with E-state index in [0.29, 0.717) is 18.0 Å². The Morgan fingerprint density at radius 2 is 1.95 bits per heavy atom. The molecular weight excluding hydrogens is 272 g/mol. The predicted molar refractivity (Wildman–Crippen MR) is 83.7 cm³/mol. The number of thioether (sulfide) groups is 1. The summed E-state index contributed by atoms with van der Waals surface area (Å²) in [6.45, 7) is 8.90. The van der Waals surface area contributed by atoms with Crippen LogP contribution >= 0.6 is 11.8 Å². The molecule has 0 amide bonds. The molecule has 0 bridgehead atoms. The van der Waals surface area contributed by atoms with Crippen LogP contribution in [-0.2, 0) is 6.54 Å². The molecule has 1 fully saturated rings. The van der Waals surface area contributed by atoms with Crippen LogP contribution in [0.5, 0.6) is 11.5 Å². The first-order valence-corrected chi connectivity index (χ1v) is 8.06. The second kappa shape index (κ2) is 5.37. The Labute approximate surface area is 124 Å². The molecule has 1 saturated heterocycles. The molecule has 2 N–H and O–H groups in total. The van der Waals surface area contributed by atoms with Crippen LogP contribution in [-0.4, -0.2) is 41.7 Å². The molecule has 0 atom stereocenters. The van der Waals surface area contributed by atoms with Crippen molar-refractivity contribution in [3.63, 3.8) is 0 Å². The van der Waals surface area contributed by atoms with Gasteiger partial charge in [0.25, 0.3) is 0 Å². The van der Waals surface area contributed by atoms with Gasteiger partial charge in [-0.25, -0.2) is 0 Å². The Morgan fingerprint density at radius 3 is 2.65 bits per heavy atom. The third-order valence-corrected chi connectivity index (χ3v) is 5.00. The summed E-state index contributed by atoms with van der Waals surface area (Å²) < 4.78 is 11.5. The van der Waals surface area contributed by atoms with Crippen molar-refractivity contribution in [1.29, 1.82) is 0 Å². The third kappa shape index (κ3) is 2.99. The van der Waals surface area contributed by atoms with E-state index in [1.54, 1.807) is 0 Å². The number of anilines is 1. The average Bonchev–Trinajstić information content (AvgIpc) is 2.38. The summed E-state index contributed by atoms with van der Waals surface area (Å²) in [6, 6.07) is 3.94. The zero-order valence-electron chi connectivity index (χ0n) is 12.1. The normalized spacial score (nSPS) is 21.7. The van der Waals surface area contributed by atoms with Crippen molar-refractivity contribution in [3.05, 3.63) is 17.7 Å². The molecule has 0 radical (unpaired) electrons. The molecule has 2 heterocycles. The highest BCUT2D eigenvalue weighted by atomic mass is 32.2. The van der Waals surface area contributed by atoms with Gasteiger partial charge in [0.1, 0.15) is 13.2 Å². The van der Waals surface area contributed by atoms with Gasteiger partial charge in [0.05, 0.1) is 0 Å². The molecule has 0 spiro atoms. The van der Waals surface area contributed by atoms with Crippen molar-refractivity contribution in [2.75, 3.05) is 37.8 Å². The lowest BCUT2D eigenvalue weighted by Crippen LogP contribution is -2.42. The zero-order chi connectivity index (χ0) is 14.2. The Hall–Kier alpha value is -1.07. The Kier molecular flexibility index (Phi) is 3.73. The number of ether oxygens (including phenoxy) is 2. The smallest absolute Gasteiger partial charge is 0.163 e. The van der Waals surface area contributed by atoms with Gasteiger partial charge in [-0.05, 0) is 25.5 Å². The van der Waals surface area contributed by atoms with E-state index in [-0.39, 0.29) is 0 Å². The predicted octanol–water partition coefficient (Wildman–Crippen LogP) is 2.37. The number of hydrogen-bond acceptors (Lipinski definition) is 5. The van der Waals surface area contributed by atoms with Crippen molar-refractivity contribution in [3.8, 4) is 11.5 Å². The van der Waals surface area contributed by atoms with Crippen LogP contribution in [0.4, 0.5) is 5.69 Å². The van der Waals surface area contributed by atoms with Gasteiger partial charge in [-0.3, -0.25) is 4.90 Å². The van der Waals surface area contributed by atoms with Gasteiger partial charge in [0.2, 0.25) is 0 Å². The molecule has 0 aromatic heterocycles. The molecule has 4 nitrogen and oxygen atoms in total. The van der Waals surface area contributed by atoms with Crippen LogP contribution in [0.25, 0.3) is 0 Å². The van der Waals surface area contributed by atoms with Gasteiger partial charge in [-0.15, -0.1) is 0 Å². The van der Waals surface area contributed by atoms with Gasteiger partial charge in [0.15, 0.2) is 11.5 Å². The number of rotatable bonds is 2. The van der Waals surface area contributed by atoms with Crippen LogP contribution < -0.4 is 15.2 Å². The first-order valence-electron chi connectivity index (χ1n) is 7.08. The van der Waals surface area contributed by atoms with Gasteiger partial charge in [-0.2, -0.15) is 11.8 Å². The van der Waals surface area contributed by atoms with E-state index in [0.717, 1.165) is 42.4 Å². The number of nitrogens with zero attached hydrogens (tertiary/aromatic N) is 1. The molecule has 1 aromatic carbocycles. The highest BCUT2D eigenvalue weighted by Gasteiger charge is 2.27. The first-order chi connectivity index (χ1) is 9.53. The van der Waals surface area contributed by atoms with E-state index in [4.69, 9.17) is 15.2 Å². The molecular formula is C15H22N2O2S. The Balaban J connectivity index is 1.77. The van der Waals surface area contributed by atoms with Crippen molar-refractivity contribution >= 4 is 17.4 Å². The molecule has 110 valence electrons. The fourth-order valence-electron chi connectivity index (χ4n) is 2.77. The quantitative estimate of drug-likeness (QED) is 0.849. The number of fused-ring (bicyclic) bond motifs is 1. The number of nitrogens with two attached hydrogens (primary N) is 1. The molecule has 0 aliphatic carbocycles. The number of hydrogen-bond donors (Lipinski definition) is 1. The van der Waals surface area contributed by atoms with Crippen molar-refractivity contribution in [1.82, 2.24) is 4.90 Å². The van der Waals surface area contributed by atoms with E-state index in [1.807, 2.05) is 23.9 Å². The molecule has 5 heteroatoms. The Morgan fingerprint density at radius 1 is 1.25 bits per heavy atom. The second-order valence-electron chi connectivity index (χ2n) is 6.01. The fourth-order valence-corrected chi connectivity index (χ4v) is 3.95. The van der Waals surface area contributed by atoms with E-state index in [2.05, 4.69) is 18.7 Å². The van der Waals surface area contributed by atoms with Gasteiger partial charge < -0.3 is 15.2 Å². The topological polar surface area (TPSA) is 47.7 Å². The van der Waals surface area contributed by atoms with Gasteiger partial charge in [0, 0.05) is 41.9 Å². The van der Waals surface area contributed by atoms with Gasteiger partial charge in [-0.1, -0.05) is 0 Å². The highest BCUT2D eigenvalue weighted by Crippen LogP contribution is 2.36. The summed E-state index contributed by atoms with van der Waals surface area (Å²) in [6.07, 6.45) is 0. The standard InChI is InChI=1S/C15H22N2O2S/c1-15(2)10-17(3-6-20-15)9-11-7-13-14(8-12(11)16)19-5-4-18-13/h7-8H,3-6,9-10,16H2,1-2H3. The van der Waals surface area contributed by atoms with Crippen molar-refractivity contribution in [2.24, 2.45) is 0 Å².